The molecule has 0 radical (unpaired) electrons. The van der Waals surface area contributed by atoms with E-state index in [1.54, 1.807) is 6.08 Å². The lowest BCUT2D eigenvalue weighted by Crippen LogP contribution is -2.17. The summed E-state index contributed by atoms with van der Waals surface area (Å²) in [5.41, 5.74) is -0.0920. The van der Waals surface area contributed by atoms with Gasteiger partial charge < -0.3 is 10.3 Å². The van der Waals surface area contributed by atoms with Crippen LogP contribution in [0, 0.1) is 0 Å². The Labute approximate surface area is 88.4 Å². The van der Waals surface area contributed by atoms with E-state index in [4.69, 9.17) is 0 Å². The Hall–Kier alpha value is -1.58. The van der Waals surface area contributed by atoms with E-state index in [-0.39, 0.29) is 11.6 Å². The Morgan fingerprint density at radius 1 is 1.73 bits per heavy atom. The highest BCUT2D eigenvalue weighted by Crippen LogP contribution is 2.37. The Bertz CT molecular complexity index is 420. The van der Waals surface area contributed by atoms with Crippen molar-refractivity contribution in [2.24, 2.45) is 0 Å². The minimum absolute atomic E-state index is 0.0920. The van der Waals surface area contributed by atoms with Gasteiger partial charge in [0.2, 0.25) is 0 Å². The first kappa shape index (κ1) is 9.96. The molecule has 1 aliphatic carbocycles. The molecule has 15 heavy (non-hydrogen) atoms. The van der Waals surface area contributed by atoms with Crippen LogP contribution in [-0.2, 0) is 0 Å². The average molecular weight is 205 g/mol. The standard InChI is InChI=1S/C11H15N3O/c1-3-7(2)12-9-6-10(15)14-11(13-9)8-4-5-8/h3,6-8H,1,4-5H2,2H3,(H2,12,13,14,15). The number of anilines is 1. The van der Waals surface area contributed by atoms with Crippen LogP contribution in [0.5, 0.6) is 0 Å². The van der Waals surface area contributed by atoms with E-state index in [0.717, 1.165) is 18.7 Å². The van der Waals surface area contributed by atoms with Gasteiger partial charge in [0, 0.05) is 18.0 Å². The fourth-order valence-electron chi connectivity index (χ4n) is 1.39. The van der Waals surface area contributed by atoms with E-state index in [1.807, 2.05) is 6.92 Å². The normalized spacial score (nSPS) is 17.1. The topological polar surface area (TPSA) is 57.8 Å². The predicted octanol–water partition coefficient (Wildman–Crippen LogP) is 1.63. The molecule has 1 fully saturated rings. The maximum Gasteiger partial charge on any atom is 0.252 e. The first-order valence-electron chi connectivity index (χ1n) is 5.19. The third-order valence-corrected chi connectivity index (χ3v) is 2.45. The summed E-state index contributed by atoms with van der Waals surface area (Å²) in [4.78, 5) is 18.5. The van der Waals surface area contributed by atoms with Gasteiger partial charge in [-0.15, -0.1) is 6.58 Å². The quantitative estimate of drug-likeness (QED) is 0.734. The van der Waals surface area contributed by atoms with Crippen molar-refractivity contribution in [3.05, 3.63) is 34.9 Å². The van der Waals surface area contributed by atoms with Gasteiger partial charge in [-0.05, 0) is 19.8 Å². The molecule has 0 saturated heterocycles. The van der Waals surface area contributed by atoms with E-state index in [2.05, 4.69) is 21.9 Å². The van der Waals surface area contributed by atoms with Crippen molar-refractivity contribution in [2.75, 3.05) is 5.32 Å². The van der Waals surface area contributed by atoms with Crippen molar-refractivity contribution >= 4 is 5.82 Å². The van der Waals surface area contributed by atoms with Crippen molar-refractivity contribution < 1.29 is 0 Å². The fraction of sp³-hybridized carbons (Fsp3) is 0.455. The lowest BCUT2D eigenvalue weighted by atomic mass is 10.3. The molecule has 1 aromatic rings. The van der Waals surface area contributed by atoms with E-state index in [9.17, 15) is 4.79 Å². The summed E-state index contributed by atoms with van der Waals surface area (Å²) < 4.78 is 0. The summed E-state index contributed by atoms with van der Waals surface area (Å²) in [6.07, 6.45) is 4.03. The van der Waals surface area contributed by atoms with Crippen LogP contribution in [0.1, 0.15) is 31.5 Å². The molecule has 1 atom stereocenters. The molecule has 1 saturated carbocycles. The molecular weight excluding hydrogens is 190 g/mol. The number of hydrogen-bond acceptors (Lipinski definition) is 3. The second kappa shape index (κ2) is 3.88. The minimum Gasteiger partial charge on any atom is -0.364 e. The van der Waals surface area contributed by atoms with E-state index in [1.165, 1.54) is 6.07 Å². The van der Waals surface area contributed by atoms with Gasteiger partial charge in [0.25, 0.3) is 5.56 Å². The molecule has 0 aliphatic heterocycles. The zero-order valence-electron chi connectivity index (χ0n) is 8.79. The van der Waals surface area contributed by atoms with E-state index in [0.29, 0.717) is 11.7 Å². The number of nitrogens with zero attached hydrogens (tertiary/aromatic N) is 1. The number of hydrogen-bond donors (Lipinski definition) is 2. The number of nitrogens with one attached hydrogen (secondary N) is 2. The van der Waals surface area contributed by atoms with Gasteiger partial charge in [0.05, 0.1) is 0 Å². The molecular formula is C11H15N3O. The lowest BCUT2D eigenvalue weighted by molar-refractivity contribution is 0.891. The fourth-order valence-corrected chi connectivity index (χ4v) is 1.39. The third-order valence-electron chi connectivity index (χ3n) is 2.45. The highest BCUT2D eigenvalue weighted by atomic mass is 16.1. The summed E-state index contributed by atoms with van der Waals surface area (Å²) in [6, 6.07) is 1.60. The molecule has 0 amide bonds. The number of aromatic amines is 1. The van der Waals surface area contributed by atoms with Gasteiger partial charge in [-0.3, -0.25) is 4.79 Å². The number of rotatable bonds is 4. The smallest absolute Gasteiger partial charge is 0.252 e. The molecule has 2 N–H and O–H groups in total. The first-order valence-corrected chi connectivity index (χ1v) is 5.19. The molecule has 0 aromatic carbocycles. The molecule has 0 bridgehead atoms. The molecule has 1 aliphatic rings. The van der Waals surface area contributed by atoms with Crippen molar-refractivity contribution in [3.63, 3.8) is 0 Å². The summed E-state index contributed by atoms with van der Waals surface area (Å²) in [6.45, 7) is 5.64. The molecule has 4 nitrogen and oxygen atoms in total. The van der Waals surface area contributed by atoms with Crippen LogP contribution in [0.15, 0.2) is 23.5 Å². The van der Waals surface area contributed by atoms with Gasteiger partial charge in [-0.25, -0.2) is 4.98 Å². The molecule has 1 heterocycles. The number of H-pyrrole nitrogens is 1. The lowest BCUT2D eigenvalue weighted by Gasteiger charge is -2.10. The largest absolute Gasteiger partial charge is 0.364 e. The highest BCUT2D eigenvalue weighted by molar-refractivity contribution is 5.36. The Kier molecular flexibility index (Phi) is 2.58. The van der Waals surface area contributed by atoms with Crippen LogP contribution in [0.4, 0.5) is 5.82 Å². The summed E-state index contributed by atoms with van der Waals surface area (Å²) in [5, 5.41) is 3.11. The summed E-state index contributed by atoms with van der Waals surface area (Å²) >= 11 is 0. The minimum atomic E-state index is -0.0920. The summed E-state index contributed by atoms with van der Waals surface area (Å²) in [7, 11) is 0. The second-order valence-corrected chi connectivity index (χ2v) is 3.96. The van der Waals surface area contributed by atoms with Crippen LogP contribution in [0.2, 0.25) is 0 Å². The molecule has 1 unspecified atom stereocenters. The van der Waals surface area contributed by atoms with E-state index >= 15 is 0 Å². The van der Waals surface area contributed by atoms with Gasteiger partial charge in [0.1, 0.15) is 11.6 Å². The monoisotopic (exact) mass is 205 g/mol. The van der Waals surface area contributed by atoms with Gasteiger partial charge in [0.15, 0.2) is 0 Å². The van der Waals surface area contributed by atoms with Gasteiger partial charge in [-0.1, -0.05) is 6.08 Å². The molecule has 4 heteroatoms. The van der Waals surface area contributed by atoms with Crippen LogP contribution in [-0.4, -0.2) is 16.0 Å². The third kappa shape index (κ3) is 2.46. The summed E-state index contributed by atoms with van der Waals surface area (Å²) in [5.74, 6) is 1.90. The second-order valence-electron chi connectivity index (χ2n) is 3.96. The average Bonchev–Trinajstić information content (AvgIpc) is 2.99. The Morgan fingerprint density at radius 3 is 3.07 bits per heavy atom. The zero-order valence-corrected chi connectivity index (χ0v) is 8.79. The zero-order chi connectivity index (χ0) is 10.8. The first-order chi connectivity index (χ1) is 7.19. The Balaban J connectivity index is 2.22. The van der Waals surface area contributed by atoms with Crippen LogP contribution < -0.4 is 10.9 Å². The van der Waals surface area contributed by atoms with Crippen molar-refractivity contribution in [1.29, 1.82) is 0 Å². The van der Waals surface area contributed by atoms with Crippen molar-refractivity contribution in [1.82, 2.24) is 9.97 Å². The van der Waals surface area contributed by atoms with Crippen LogP contribution in [0.3, 0.4) is 0 Å². The maximum atomic E-state index is 11.4. The molecule has 1 aromatic heterocycles. The predicted molar refractivity (Wildman–Crippen MR) is 60.1 cm³/mol. The number of aromatic nitrogens is 2. The molecule has 2 rings (SSSR count). The van der Waals surface area contributed by atoms with Crippen LogP contribution >= 0.6 is 0 Å². The van der Waals surface area contributed by atoms with E-state index < -0.39 is 0 Å². The van der Waals surface area contributed by atoms with Crippen molar-refractivity contribution in [2.45, 2.75) is 31.7 Å². The molecule has 80 valence electrons. The van der Waals surface area contributed by atoms with Crippen LogP contribution in [0.25, 0.3) is 0 Å². The highest BCUT2D eigenvalue weighted by Gasteiger charge is 2.26. The van der Waals surface area contributed by atoms with Crippen molar-refractivity contribution in [3.8, 4) is 0 Å². The van der Waals surface area contributed by atoms with Gasteiger partial charge in [-0.2, -0.15) is 0 Å². The maximum absolute atomic E-state index is 11.4. The van der Waals surface area contributed by atoms with Gasteiger partial charge >= 0.3 is 0 Å². The SMILES string of the molecule is C=CC(C)Nc1cc(=O)[nH]c(C2CC2)n1. The Morgan fingerprint density at radius 2 is 2.47 bits per heavy atom. The molecule has 0 spiro atoms.